The van der Waals surface area contributed by atoms with Crippen molar-refractivity contribution < 1.29 is 14.5 Å². The van der Waals surface area contributed by atoms with Gasteiger partial charge in [0.1, 0.15) is 6.33 Å². The molecule has 0 aliphatic carbocycles. The summed E-state index contributed by atoms with van der Waals surface area (Å²) in [5.41, 5.74) is 0.102. The average molecular weight is 363 g/mol. The van der Waals surface area contributed by atoms with E-state index in [9.17, 15) is 14.9 Å². The van der Waals surface area contributed by atoms with Gasteiger partial charge in [-0.2, -0.15) is 0 Å². The van der Waals surface area contributed by atoms with Crippen LogP contribution in [-0.2, 0) is 11.8 Å². The van der Waals surface area contributed by atoms with Crippen LogP contribution in [0, 0.1) is 10.1 Å². The first-order valence-electron chi connectivity index (χ1n) is 7.74. The summed E-state index contributed by atoms with van der Waals surface area (Å²) in [5, 5.41) is 22.3. The van der Waals surface area contributed by atoms with E-state index in [1.165, 1.54) is 12.4 Å². The second-order valence-corrected chi connectivity index (χ2v) is 6.62. The Balaban J connectivity index is 1.75. The highest BCUT2D eigenvalue weighted by atomic mass is 32.2. The van der Waals surface area contributed by atoms with Gasteiger partial charge in [-0.25, -0.2) is 0 Å². The van der Waals surface area contributed by atoms with Crippen molar-refractivity contribution in [1.29, 1.82) is 0 Å². The molecule has 1 amide bonds. The van der Waals surface area contributed by atoms with E-state index in [-0.39, 0.29) is 23.3 Å². The van der Waals surface area contributed by atoms with Gasteiger partial charge in [-0.05, 0) is 36.7 Å². The molecule has 2 heterocycles. The quantitative estimate of drug-likeness (QED) is 0.615. The van der Waals surface area contributed by atoms with Crippen LogP contribution in [-0.4, -0.2) is 44.9 Å². The summed E-state index contributed by atoms with van der Waals surface area (Å²) < 4.78 is 7.11. The Bertz CT molecular complexity index is 788. The van der Waals surface area contributed by atoms with Crippen LogP contribution in [0.5, 0.6) is 0 Å². The Morgan fingerprint density at radius 2 is 2.40 bits per heavy atom. The van der Waals surface area contributed by atoms with Crippen LogP contribution in [0.15, 0.2) is 34.6 Å². The van der Waals surface area contributed by atoms with Gasteiger partial charge in [0.05, 0.1) is 15.9 Å². The number of nitro benzene ring substituents is 1. The molecular formula is C15H17N5O4S. The number of rotatable bonds is 6. The topological polar surface area (TPSA) is 112 Å². The minimum absolute atomic E-state index is 0.0182. The Labute approximate surface area is 147 Å². The molecule has 1 aromatic carbocycles. The van der Waals surface area contributed by atoms with E-state index in [4.69, 9.17) is 4.74 Å². The first-order valence-corrected chi connectivity index (χ1v) is 8.56. The summed E-state index contributed by atoms with van der Waals surface area (Å²) in [6.45, 7) is 1.11. The third-order valence-corrected chi connectivity index (χ3v) is 4.92. The van der Waals surface area contributed by atoms with Crippen LogP contribution in [0.3, 0.4) is 0 Å². The SMILES string of the molecule is Cn1cnnc1Sc1ccc(C(=O)NCC2CCCO2)cc1[N+](=O)[O-]. The lowest BCUT2D eigenvalue weighted by molar-refractivity contribution is -0.387. The molecule has 1 aromatic heterocycles. The summed E-state index contributed by atoms with van der Waals surface area (Å²) in [5.74, 6) is -0.353. The van der Waals surface area contributed by atoms with Crippen LogP contribution >= 0.6 is 11.8 Å². The molecule has 0 spiro atoms. The Kier molecular flexibility index (Phi) is 5.29. The van der Waals surface area contributed by atoms with Crippen LogP contribution < -0.4 is 5.32 Å². The molecule has 10 heteroatoms. The zero-order valence-electron chi connectivity index (χ0n) is 13.5. The first kappa shape index (κ1) is 17.4. The van der Waals surface area contributed by atoms with Crippen molar-refractivity contribution in [2.45, 2.75) is 29.0 Å². The van der Waals surface area contributed by atoms with E-state index in [1.807, 2.05) is 0 Å². The number of carbonyl (C=O) groups excluding carboxylic acids is 1. The fourth-order valence-corrected chi connectivity index (χ4v) is 3.31. The summed E-state index contributed by atoms with van der Waals surface area (Å²) >= 11 is 1.13. The molecule has 1 atom stereocenters. The van der Waals surface area contributed by atoms with Gasteiger partial charge >= 0.3 is 0 Å². The lowest BCUT2D eigenvalue weighted by Gasteiger charge is -2.11. The van der Waals surface area contributed by atoms with Crippen LogP contribution in [0.2, 0.25) is 0 Å². The Morgan fingerprint density at radius 1 is 1.56 bits per heavy atom. The van der Waals surface area contributed by atoms with Gasteiger partial charge < -0.3 is 14.6 Å². The van der Waals surface area contributed by atoms with E-state index >= 15 is 0 Å². The molecule has 0 saturated carbocycles. The van der Waals surface area contributed by atoms with Gasteiger partial charge in [0.15, 0.2) is 5.16 Å². The second kappa shape index (κ2) is 7.62. The number of hydrogen-bond donors (Lipinski definition) is 1. The van der Waals surface area contributed by atoms with Gasteiger partial charge in [0.25, 0.3) is 11.6 Å². The number of benzene rings is 1. The fourth-order valence-electron chi connectivity index (χ4n) is 2.46. The number of hydrogen-bond acceptors (Lipinski definition) is 7. The second-order valence-electron chi connectivity index (χ2n) is 5.61. The van der Waals surface area contributed by atoms with Crippen molar-refractivity contribution in [1.82, 2.24) is 20.1 Å². The number of nitro groups is 1. The standard InChI is InChI=1S/C15H17N5O4S/c1-19-9-17-18-15(19)25-13-5-4-10(7-12(13)20(22)23)14(21)16-8-11-3-2-6-24-11/h4-5,7,9,11H,2-3,6,8H2,1H3,(H,16,21). The maximum atomic E-state index is 12.2. The van der Waals surface area contributed by atoms with Gasteiger partial charge in [0, 0.05) is 31.8 Å². The number of nitrogens with zero attached hydrogens (tertiary/aromatic N) is 4. The number of aryl methyl sites for hydroxylation is 1. The predicted octanol–water partition coefficient (Wildman–Crippen LogP) is 1.78. The van der Waals surface area contributed by atoms with Gasteiger partial charge in [-0.15, -0.1) is 10.2 Å². The highest BCUT2D eigenvalue weighted by Crippen LogP contribution is 2.34. The number of ether oxygens (including phenoxy) is 1. The van der Waals surface area contributed by atoms with Crippen LogP contribution in [0.4, 0.5) is 5.69 Å². The molecule has 2 aromatic rings. The van der Waals surface area contributed by atoms with Crippen LogP contribution in [0.25, 0.3) is 0 Å². The molecule has 0 radical (unpaired) electrons. The lowest BCUT2D eigenvalue weighted by Crippen LogP contribution is -2.31. The van der Waals surface area contributed by atoms with Crippen molar-refractivity contribution >= 4 is 23.4 Å². The van der Waals surface area contributed by atoms with E-state index < -0.39 is 4.92 Å². The third-order valence-electron chi connectivity index (χ3n) is 3.80. The minimum Gasteiger partial charge on any atom is -0.376 e. The van der Waals surface area contributed by atoms with Crippen LogP contribution in [0.1, 0.15) is 23.2 Å². The normalized spacial score (nSPS) is 16.8. The Morgan fingerprint density at radius 3 is 3.04 bits per heavy atom. The molecule has 9 nitrogen and oxygen atoms in total. The van der Waals surface area contributed by atoms with Crippen molar-refractivity contribution in [3.63, 3.8) is 0 Å². The molecule has 3 rings (SSSR count). The van der Waals surface area contributed by atoms with E-state index in [0.717, 1.165) is 24.6 Å². The molecule has 1 unspecified atom stereocenters. The molecule has 1 aliphatic heterocycles. The number of nitrogens with one attached hydrogen (secondary N) is 1. The van der Waals surface area contributed by atoms with Crippen molar-refractivity contribution in [2.24, 2.45) is 7.05 Å². The minimum atomic E-state index is -0.504. The Hall–Kier alpha value is -2.46. The third kappa shape index (κ3) is 4.15. The molecule has 0 bridgehead atoms. The predicted molar refractivity (Wildman–Crippen MR) is 89.5 cm³/mol. The summed E-state index contributed by atoms with van der Waals surface area (Å²) in [6.07, 6.45) is 3.43. The molecule has 1 saturated heterocycles. The molecule has 1 N–H and O–H groups in total. The number of carbonyl (C=O) groups is 1. The van der Waals surface area contributed by atoms with E-state index in [2.05, 4.69) is 15.5 Å². The zero-order valence-corrected chi connectivity index (χ0v) is 14.4. The van der Waals surface area contributed by atoms with Gasteiger partial charge in [0.2, 0.25) is 0 Å². The maximum absolute atomic E-state index is 12.2. The van der Waals surface area contributed by atoms with Crippen molar-refractivity contribution in [2.75, 3.05) is 13.2 Å². The monoisotopic (exact) mass is 363 g/mol. The molecule has 132 valence electrons. The van der Waals surface area contributed by atoms with E-state index in [0.29, 0.717) is 23.2 Å². The largest absolute Gasteiger partial charge is 0.376 e. The maximum Gasteiger partial charge on any atom is 0.284 e. The fraction of sp³-hybridized carbons (Fsp3) is 0.400. The molecule has 1 aliphatic rings. The van der Waals surface area contributed by atoms with E-state index in [1.54, 1.807) is 23.7 Å². The highest BCUT2D eigenvalue weighted by Gasteiger charge is 2.21. The smallest absolute Gasteiger partial charge is 0.284 e. The molecule has 25 heavy (non-hydrogen) atoms. The summed E-state index contributed by atoms with van der Waals surface area (Å²) in [6, 6.07) is 4.40. The number of amides is 1. The van der Waals surface area contributed by atoms with Crippen molar-refractivity contribution in [3.8, 4) is 0 Å². The summed E-state index contributed by atoms with van der Waals surface area (Å²) in [7, 11) is 1.75. The lowest BCUT2D eigenvalue weighted by atomic mass is 10.2. The summed E-state index contributed by atoms with van der Waals surface area (Å²) in [4.78, 5) is 23.5. The highest BCUT2D eigenvalue weighted by molar-refractivity contribution is 7.99. The average Bonchev–Trinajstić information content (AvgIpc) is 3.25. The zero-order chi connectivity index (χ0) is 17.8. The first-order chi connectivity index (χ1) is 12.0. The van der Waals surface area contributed by atoms with Gasteiger partial charge in [-0.3, -0.25) is 14.9 Å². The molecular weight excluding hydrogens is 346 g/mol. The number of aromatic nitrogens is 3. The van der Waals surface area contributed by atoms with Gasteiger partial charge in [-0.1, -0.05) is 0 Å². The van der Waals surface area contributed by atoms with Crippen molar-refractivity contribution in [3.05, 3.63) is 40.2 Å². The molecule has 1 fully saturated rings.